The first kappa shape index (κ1) is 17.4. The number of carbonyl (C=O) groups is 1. The molecule has 2 aromatic rings. The Balaban J connectivity index is 1.58. The van der Waals surface area contributed by atoms with E-state index in [4.69, 9.17) is 0 Å². The fourth-order valence-electron chi connectivity index (χ4n) is 2.91. The van der Waals surface area contributed by atoms with Gasteiger partial charge in [-0.2, -0.15) is 0 Å². The fraction of sp³-hybridized carbons (Fsp3) is 0.333. The first-order valence-electron chi connectivity index (χ1n) is 8.30. The van der Waals surface area contributed by atoms with Crippen LogP contribution in [0.3, 0.4) is 0 Å². The van der Waals surface area contributed by atoms with E-state index in [-0.39, 0.29) is 18.1 Å². The van der Waals surface area contributed by atoms with E-state index in [0.717, 1.165) is 29.7 Å². The van der Waals surface area contributed by atoms with Crippen molar-refractivity contribution in [2.45, 2.75) is 25.8 Å². The summed E-state index contributed by atoms with van der Waals surface area (Å²) in [6, 6.07) is 11.2. The van der Waals surface area contributed by atoms with Crippen molar-refractivity contribution < 1.29 is 13.2 Å². The van der Waals surface area contributed by atoms with Crippen molar-refractivity contribution in [2.75, 3.05) is 16.6 Å². The molecule has 3 rings (SSSR count). The SMILES string of the molecule is O=C(CCS(=O)(=O)N1CCCc2ccccc21)NCc1cccnc1. The molecule has 0 radical (unpaired) electrons. The normalized spacial score (nSPS) is 14.0. The van der Waals surface area contributed by atoms with Gasteiger partial charge in [-0.05, 0) is 36.1 Å². The molecule has 6 nitrogen and oxygen atoms in total. The number of nitrogens with zero attached hydrogens (tertiary/aromatic N) is 2. The molecule has 1 aliphatic rings. The van der Waals surface area contributed by atoms with Gasteiger partial charge in [0.2, 0.25) is 15.9 Å². The van der Waals surface area contributed by atoms with Gasteiger partial charge in [0.15, 0.2) is 0 Å². The number of amides is 1. The summed E-state index contributed by atoms with van der Waals surface area (Å²) < 4.78 is 26.8. The van der Waals surface area contributed by atoms with E-state index in [0.29, 0.717) is 13.1 Å². The summed E-state index contributed by atoms with van der Waals surface area (Å²) in [5.41, 5.74) is 2.66. The molecule has 1 aliphatic heterocycles. The highest BCUT2D eigenvalue weighted by atomic mass is 32.2. The molecule has 0 bridgehead atoms. The minimum absolute atomic E-state index is 0.0543. The lowest BCUT2D eigenvalue weighted by atomic mass is 10.0. The number of hydrogen-bond donors (Lipinski definition) is 1. The lowest BCUT2D eigenvalue weighted by Crippen LogP contribution is -2.38. The summed E-state index contributed by atoms with van der Waals surface area (Å²) in [5, 5.41) is 2.73. The Morgan fingerprint density at radius 1 is 1.20 bits per heavy atom. The number of hydrogen-bond acceptors (Lipinski definition) is 4. The molecule has 0 saturated carbocycles. The zero-order chi connectivity index (χ0) is 17.7. The highest BCUT2D eigenvalue weighted by molar-refractivity contribution is 7.92. The van der Waals surface area contributed by atoms with Gasteiger partial charge >= 0.3 is 0 Å². The van der Waals surface area contributed by atoms with Crippen LogP contribution in [-0.4, -0.2) is 31.6 Å². The number of anilines is 1. The van der Waals surface area contributed by atoms with Crippen molar-refractivity contribution >= 4 is 21.6 Å². The summed E-state index contributed by atoms with van der Waals surface area (Å²) in [5.74, 6) is -0.474. The maximum Gasteiger partial charge on any atom is 0.235 e. The van der Waals surface area contributed by atoms with Crippen molar-refractivity contribution in [1.82, 2.24) is 10.3 Å². The van der Waals surface area contributed by atoms with E-state index in [1.165, 1.54) is 4.31 Å². The molecule has 7 heteroatoms. The highest BCUT2D eigenvalue weighted by Crippen LogP contribution is 2.29. The second-order valence-corrected chi connectivity index (χ2v) is 8.02. The molecular weight excluding hydrogens is 338 g/mol. The smallest absolute Gasteiger partial charge is 0.235 e. The summed E-state index contributed by atoms with van der Waals surface area (Å²) in [7, 11) is -3.51. The average Bonchev–Trinajstić information content (AvgIpc) is 2.65. The second kappa shape index (κ2) is 7.65. The molecule has 0 unspecified atom stereocenters. The van der Waals surface area contributed by atoms with Gasteiger partial charge in [0.05, 0.1) is 11.4 Å². The number of pyridine rings is 1. The Bertz CT molecular complexity index is 838. The predicted molar refractivity (Wildman–Crippen MR) is 96.6 cm³/mol. The van der Waals surface area contributed by atoms with Crippen molar-refractivity contribution in [3.05, 3.63) is 59.9 Å². The largest absolute Gasteiger partial charge is 0.352 e. The number of nitrogens with one attached hydrogen (secondary N) is 1. The van der Waals surface area contributed by atoms with Crippen LogP contribution in [0.5, 0.6) is 0 Å². The van der Waals surface area contributed by atoms with E-state index in [1.807, 2.05) is 30.3 Å². The Hall–Kier alpha value is -2.41. The van der Waals surface area contributed by atoms with Crippen molar-refractivity contribution in [1.29, 1.82) is 0 Å². The number of benzene rings is 1. The summed E-state index contributed by atoms with van der Waals surface area (Å²) in [4.78, 5) is 16.0. The predicted octanol–water partition coefficient (Wildman–Crippen LogP) is 1.87. The monoisotopic (exact) mass is 359 g/mol. The van der Waals surface area contributed by atoms with Gasteiger partial charge < -0.3 is 5.32 Å². The number of sulfonamides is 1. The van der Waals surface area contributed by atoms with Crippen LogP contribution in [-0.2, 0) is 27.8 Å². The van der Waals surface area contributed by atoms with Gasteiger partial charge in [-0.15, -0.1) is 0 Å². The van der Waals surface area contributed by atoms with Crippen LogP contribution in [0.4, 0.5) is 5.69 Å². The topological polar surface area (TPSA) is 79.4 Å². The van der Waals surface area contributed by atoms with Crippen LogP contribution in [0.25, 0.3) is 0 Å². The van der Waals surface area contributed by atoms with Crippen LogP contribution in [0.15, 0.2) is 48.8 Å². The summed E-state index contributed by atoms with van der Waals surface area (Å²) >= 11 is 0. The summed E-state index contributed by atoms with van der Waals surface area (Å²) in [6.07, 6.45) is 4.95. The second-order valence-electron chi connectivity index (χ2n) is 6.01. The minimum atomic E-state index is -3.51. The lowest BCUT2D eigenvalue weighted by molar-refractivity contribution is -0.120. The Morgan fingerprint density at radius 3 is 2.84 bits per heavy atom. The van der Waals surface area contributed by atoms with E-state index in [9.17, 15) is 13.2 Å². The molecule has 2 heterocycles. The maximum absolute atomic E-state index is 12.7. The fourth-order valence-corrected chi connectivity index (χ4v) is 4.46. The molecule has 1 aromatic carbocycles. The minimum Gasteiger partial charge on any atom is -0.352 e. The molecule has 0 atom stereocenters. The van der Waals surface area contributed by atoms with Gasteiger partial charge in [0.25, 0.3) is 0 Å². The van der Waals surface area contributed by atoms with E-state index < -0.39 is 10.0 Å². The van der Waals surface area contributed by atoms with Crippen LogP contribution in [0.2, 0.25) is 0 Å². The molecule has 0 fully saturated rings. The van der Waals surface area contributed by atoms with Crippen LogP contribution in [0.1, 0.15) is 24.0 Å². The van der Waals surface area contributed by atoms with Crippen LogP contribution >= 0.6 is 0 Å². The van der Waals surface area contributed by atoms with Gasteiger partial charge in [-0.1, -0.05) is 24.3 Å². The van der Waals surface area contributed by atoms with Crippen molar-refractivity contribution in [3.63, 3.8) is 0 Å². The average molecular weight is 359 g/mol. The van der Waals surface area contributed by atoms with Gasteiger partial charge in [0, 0.05) is 31.9 Å². The maximum atomic E-state index is 12.7. The molecule has 1 N–H and O–H groups in total. The van der Waals surface area contributed by atoms with Gasteiger partial charge in [-0.25, -0.2) is 8.42 Å². The third kappa shape index (κ3) is 4.36. The summed E-state index contributed by atoms with van der Waals surface area (Å²) in [6.45, 7) is 0.815. The van der Waals surface area contributed by atoms with E-state index in [1.54, 1.807) is 18.5 Å². The number of para-hydroxylation sites is 1. The Kier molecular flexibility index (Phi) is 5.33. The molecule has 132 valence electrons. The Labute approximate surface area is 147 Å². The van der Waals surface area contributed by atoms with Crippen LogP contribution < -0.4 is 9.62 Å². The number of fused-ring (bicyclic) bond motifs is 1. The number of aromatic nitrogens is 1. The van der Waals surface area contributed by atoms with Gasteiger partial charge in [-0.3, -0.25) is 14.1 Å². The number of carbonyl (C=O) groups excluding carboxylic acids is 1. The zero-order valence-electron chi connectivity index (χ0n) is 13.9. The van der Waals surface area contributed by atoms with Gasteiger partial charge in [0.1, 0.15) is 0 Å². The third-order valence-electron chi connectivity index (χ3n) is 4.20. The standard InChI is InChI=1S/C18H21N3O3S/c22-18(20-14-15-5-3-10-19-13-15)9-12-25(23,24)21-11-4-7-16-6-1-2-8-17(16)21/h1-3,5-6,8,10,13H,4,7,9,11-12,14H2,(H,20,22). The van der Waals surface area contributed by atoms with Crippen molar-refractivity contribution in [2.24, 2.45) is 0 Å². The highest BCUT2D eigenvalue weighted by Gasteiger charge is 2.27. The number of aryl methyl sites for hydroxylation is 1. The molecule has 0 spiro atoms. The van der Waals surface area contributed by atoms with E-state index in [2.05, 4.69) is 10.3 Å². The quantitative estimate of drug-likeness (QED) is 0.854. The first-order chi connectivity index (χ1) is 12.1. The van der Waals surface area contributed by atoms with E-state index >= 15 is 0 Å². The number of rotatable bonds is 6. The first-order valence-corrected chi connectivity index (χ1v) is 9.91. The molecule has 1 aromatic heterocycles. The third-order valence-corrected chi connectivity index (χ3v) is 5.97. The molecule has 25 heavy (non-hydrogen) atoms. The molecule has 0 aliphatic carbocycles. The molecule has 1 amide bonds. The zero-order valence-corrected chi connectivity index (χ0v) is 14.7. The van der Waals surface area contributed by atoms with Crippen LogP contribution in [0, 0.1) is 0 Å². The molecule has 0 saturated heterocycles. The van der Waals surface area contributed by atoms with Crippen molar-refractivity contribution in [3.8, 4) is 0 Å². The molecular formula is C18H21N3O3S. The Morgan fingerprint density at radius 2 is 2.04 bits per heavy atom. The lowest BCUT2D eigenvalue weighted by Gasteiger charge is -2.30.